The maximum Gasteiger partial charge on any atom is 0.0707 e. The van der Waals surface area contributed by atoms with Crippen LogP contribution in [0.4, 0.5) is 0 Å². The second kappa shape index (κ2) is 4.86. The van der Waals surface area contributed by atoms with Gasteiger partial charge in [0.05, 0.1) is 11.7 Å². The standard InChI is InChI=1S/C13H21NOS/c1-10-5-7-16-12(10)9-14-8-11-4-6-13(2,3)15-11/h5,7,11,14H,4,6,8-9H2,1-3H3. The van der Waals surface area contributed by atoms with Crippen molar-refractivity contribution in [2.75, 3.05) is 6.54 Å². The zero-order chi connectivity index (χ0) is 11.6. The van der Waals surface area contributed by atoms with E-state index in [1.54, 1.807) is 0 Å². The summed E-state index contributed by atoms with van der Waals surface area (Å²) >= 11 is 1.83. The van der Waals surface area contributed by atoms with Gasteiger partial charge in [0.15, 0.2) is 0 Å². The Morgan fingerprint density at radius 3 is 2.94 bits per heavy atom. The van der Waals surface area contributed by atoms with Gasteiger partial charge in [-0.25, -0.2) is 0 Å². The minimum atomic E-state index is 0.0885. The Hall–Kier alpha value is -0.380. The topological polar surface area (TPSA) is 21.3 Å². The van der Waals surface area contributed by atoms with Crippen molar-refractivity contribution in [2.24, 2.45) is 0 Å². The molecule has 0 amide bonds. The molecule has 1 atom stereocenters. The average molecular weight is 239 g/mol. The Bertz CT molecular complexity index is 345. The number of ether oxygens (including phenoxy) is 1. The zero-order valence-electron chi connectivity index (χ0n) is 10.4. The van der Waals surface area contributed by atoms with Crippen molar-refractivity contribution in [3.8, 4) is 0 Å². The Morgan fingerprint density at radius 2 is 2.38 bits per heavy atom. The van der Waals surface area contributed by atoms with E-state index in [1.165, 1.54) is 23.3 Å². The number of thiophene rings is 1. The lowest BCUT2D eigenvalue weighted by Crippen LogP contribution is -2.29. The molecule has 2 rings (SSSR count). The Kier molecular flexibility index (Phi) is 3.67. The molecule has 1 aliphatic heterocycles. The van der Waals surface area contributed by atoms with Gasteiger partial charge in [-0.3, -0.25) is 0 Å². The van der Waals surface area contributed by atoms with Crippen molar-refractivity contribution in [3.63, 3.8) is 0 Å². The monoisotopic (exact) mass is 239 g/mol. The van der Waals surface area contributed by atoms with Gasteiger partial charge in [0.1, 0.15) is 0 Å². The molecular formula is C13H21NOS. The maximum absolute atomic E-state index is 5.94. The maximum atomic E-state index is 5.94. The van der Waals surface area contributed by atoms with Crippen LogP contribution < -0.4 is 5.32 Å². The molecule has 0 radical (unpaired) electrons. The number of rotatable bonds is 4. The van der Waals surface area contributed by atoms with Gasteiger partial charge in [0.25, 0.3) is 0 Å². The third-order valence-electron chi connectivity index (χ3n) is 3.18. The molecular weight excluding hydrogens is 218 g/mol. The highest BCUT2D eigenvalue weighted by atomic mass is 32.1. The SMILES string of the molecule is Cc1ccsc1CNCC1CCC(C)(C)O1. The summed E-state index contributed by atoms with van der Waals surface area (Å²) in [5, 5.41) is 5.65. The average Bonchev–Trinajstić information content (AvgIpc) is 2.74. The third-order valence-corrected chi connectivity index (χ3v) is 4.20. The number of aryl methyl sites for hydroxylation is 1. The van der Waals surface area contributed by atoms with Crippen molar-refractivity contribution in [3.05, 3.63) is 21.9 Å². The van der Waals surface area contributed by atoms with E-state index in [0.717, 1.165) is 13.1 Å². The van der Waals surface area contributed by atoms with Gasteiger partial charge in [-0.05, 0) is 50.6 Å². The molecule has 90 valence electrons. The van der Waals surface area contributed by atoms with E-state index < -0.39 is 0 Å². The highest BCUT2D eigenvalue weighted by Gasteiger charge is 2.31. The molecule has 1 aliphatic rings. The molecule has 1 aromatic rings. The zero-order valence-corrected chi connectivity index (χ0v) is 11.2. The van der Waals surface area contributed by atoms with E-state index in [-0.39, 0.29) is 5.60 Å². The molecule has 16 heavy (non-hydrogen) atoms. The normalized spacial score (nSPS) is 23.8. The molecule has 1 aromatic heterocycles. The first-order valence-corrected chi connectivity index (χ1v) is 6.86. The van der Waals surface area contributed by atoms with Crippen LogP contribution in [0.5, 0.6) is 0 Å². The smallest absolute Gasteiger partial charge is 0.0707 e. The van der Waals surface area contributed by atoms with Gasteiger partial charge in [-0.1, -0.05) is 0 Å². The molecule has 3 heteroatoms. The number of nitrogens with one attached hydrogen (secondary N) is 1. The van der Waals surface area contributed by atoms with Crippen LogP contribution in [0.15, 0.2) is 11.4 Å². The molecule has 1 N–H and O–H groups in total. The minimum absolute atomic E-state index is 0.0885. The first-order chi connectivity index (χ1) is 7.57. The Balaban J connectivity index is 1.71. The van der Waals surface area contributed by atoms with E-state index in [0.29, 0.717) is 6.10 Å². The van der Waals surface area contributed by atoms with Crippen LogP contribution in [0.25, 0.3) is 0 Å². The summed E-state index contributed by atoms with van der Waals surface area (Å²) in [5.41, 5.74) is 1.48. The molecule has 1 saturated heterocycles. The van der Waals surface area contributed by atoms with Crippen molar-refractivity contribution in [1.82, 2.24) is 5.32 Å². The second-order valence-corrected chi connectivity index (χ2v) is 6.20. The first kappa shape index (κ1) is 12.1. The fourth-order valence-corrected chi connectivity index (χ4v) is 3.03. The van der Waals surface area contributed by atoms with Gasteiger partial charge < -0.3 is 10.1 Å². The van der Waals surface area contributed by atoms with Crippen molar-refractivity contribution >= 4 is 11.3 Å². The van der Waals surface area contributed by atoms with Gasteiger partial charge >= 0.3 is 0 Å². The summed E-state index contributed by atoms with van der Waals surface area (Å²) in [7, 11) is 0. The summed E-state index contributed by atoms with van der Waals surface area (Å²) in [6.45, 7) is 8.47. The van der Waals surface area contributed by atoms with Gasteiger partial charge in [0.2, 0.25) is 0 Å². The highest BCUT2D eigenvalue weighted by molar-refractivity contribution is 7.10. The van der Waals surface area contributed by atoms with Crippen LogP contribution in [0.2, 0.25) is 0 Å². The largest absolute Gasteiger partial charge is 0.371 e. The predicted molar refractivity (Wildman–Crippen MR) is 68.9 cm³/mol. The third kappa shape index (κ3) is 3.06. The summed E-state index contributed by atoms with van der Waals surface area (Å²) in [4.78, 5) is 1.44. The minimum Gasteiger partial charge on any atom is -0.371 e. The molecule has 1 fully saturated rings. The lowest BCUT2D eigenvalue weighted by atomic mass is 10.1. The summed E-state index contributed by atoms with van der Waals surface area (Å²) < 4.78 is 5.94. The van der Waals surface area contributed by atoms with Crippen LogP contribution >= 0.6 is 11.3 Å². The van der Waals surface area contributed by atoms with Crippen LogP contribution in [0.3, 0.4) is 0 Å². The van der Waals surface area contributed by atoms with Gasteiger partial charge in [-0.2, -0.15) is 0 Å². The Morgan fingerprint density at radius 1 is 1.56 bits per heavy atom. The van der Waals surface area contributed by atoms with Crippen molar-refractivity contribution in [1.29, 1.82) is 0 Å². The lowest BCUT2D eigenvalue weighted by Gasteiger charge is -2.19. The number of hydrogen-bond acceptors (Lipinski definition) is 3. The van der Waals surface area contributed by atoms with E-state index in [4.69, 9.17) is 4.74 Å². The molecule has 0 aliphatic carbocycles. The molecule has 1 unspecified atom stereocenters. The van der Waals surface area contributed by atoms with Gasteiger partial charge in [0, 0.05) is 18.0 Å². The number of hydrogen-bond donors (Lipinski definition) is 1. The van der Waals surface area contributed by atoms with Crippen LogP contribution in [-0.2, 0) is 11.3 Å². The summed E-state index contributed by atoms with van der Waals surface area (Å²) in [6, 6.07) is 2.18. The van der Waals surface area contributed by atoms with Crippen LogP contribution in [0, 0.1) is 6.92 Å². The van der Waals surface area contributed by atoms with Crippen molar-refractivity contribution in [2.45, 2.75) is 51.9 Å². The van der Waals surface area contributed by atoms with E-state index >= 15 is 0 Å². The molecule has 0 saturated carbocycles. The molecule has 0 spiro atoms. The van der Waals surface area contributed by atoms with Crippen LogP contribution in [0.1, 0.15) is 37.1 Å². The molecule has 2 heterocycles. The van der Waals surface area contributed by atoms with Crippen molar-refractivity contribution < 1.29 is 4.74 Å². The quantitative estimate of drug-likeness (QED) is 0.871. The molecule has 2 nitrogen and oxygen atoms in total. The van der Waals surface area contributed by atoms with Gasteiger partial charge in [-0.15, -0.1) is 11.3 Å². The molecule has 0 bridgehead atoms. The fraction of sp³-hybridized carbons (Fsp3) is 0.692. The Labute approximate surface area is 102 Å². The first-order valence-electron chi connectivity index (χ1n) is 5.98. The van der Waals surface area contributed by atoms with E-state index in [9.17, 15) is 0 Å². The summed E-state index contributed by atoms with van der Waals surface area (Å²) in [6.07, 6.45) is 2.76. The highest BCUT2D eigenvalue weighted by Crippen LogP contribution is 2.28. The lowest BCUT2D eigenvalue weighted by molar-refractivity contribution is -0.0142. The predicted octanol–water partition coefficient (Wildman–Crippen LogP) is 3.10. The van der Waals surface area contributed by atoms with Crippen LogP contribution in [-0.4, -0.2) is 18.2 Å². The molecule has 0 aromatic carbocycles. The second-order valence-electron chi connectivity index (χ2n) is 5.20. The fourth-order valence-electron chi connectivity index (χ4n) is 2.15. The van der Waals surface area contributed by atoms with E-state index in [2.05, 4.69) is 37.5 Å². The van der Waals surface area contributed by atoms with E-state index in [1.807, 2.05) is 11.3 Å². The summed E-state index contributed by atoms with van der Waals surface area (Å²) in [5.74, 6) is 0.